The molecule has 1 atom stereocenters. The largest absolute Gasteiger partial charge is 0.494 e. The number of carbonyl (C=O) groups excluding carboxylic acids is 2. The Morgan fingerprint density at radius 2 is 1.97 bits per heavy atom. The van der Waals surface area contributed by atoms with Crippen LogP contribution >= 0.6 is 0 Å². The molecule has 0 unspecified atom stereocenters. The zero-order chi connectivity index (χ0) is 23.3. The first-order valence-corrected chi connectivity index (χ1v) is 11.3. The van der Waals surface area contributed by atoms with Gasteiger partial charge in [0, 0.05) is 24.9 Å². The van der Waals surface area contributed by atoms with Crippen molar-refractivity contribution in [3.8, 4) is 5.75 Å². The SMILES string of the molecule is COc1cc(C[C@@]2(CCC(=O)NCCc3cccc4ccccc34)CCC(=O)N2)ccc1F. The number of amides is 2. The molecule has 0 aliphatic carbocycles. The van der Waals surface area contributed by atoms with Crippen molar-refractivity contribution in [1.82, 2.24) is 10.6 Å². The van der Waals surface area contributed by atoms with Gasteiger partial charge in [0.1, 0.15) is 0 Å². The average Bonchev–Trinajstić information content (AvgIpc) is 3.19. The van der Waals surface area contributed by atoms with Gasteiger partial charge in [-0.05, 0) is 59.7 Å². The summed E-state index contributed by atoms with van der Waals surface area (Å²) in [4.78, 5) is 24.6. The summed E-state index contributed by atoms with van der Waals surface area (Å²) in [5, 5.41) is 8.49. The van der Waals surface area contributed by atoms with Crippen molar-refractivity contribution in [2.75, 3.05) is 13.7 Å². The maximum absolute atomic E-state index is 13.8. The van der Waals surface area contributed by atoms with Crippen molar-refractivity contribution in [3.05, 3.63) is 77.6 Å². The second kappa shape index (κ2) is 10.0. The smallest absolute Gasteiger partial charge is 0.220 e. The van der Waals surface area contributed by atoms with Crippen molar-refractivity contribution in [1.29, 1.82) is 0 Å². The maximum Gasteiger partial charge on any atom is 0.220 e. The number of fused-ring (bicyclic) bond motifs is 1. The first-order chi connectivity index (χ1) is 16.0. The summed E-state index contributed by atoms with van der Waals surface area (Å²) in [6.07, 6.45) is 3.20. The van der Waals surface area contributed by atoms with Crippen molar-refractivity contribution in [2.45, 2.75) is 44.1 Å². The fourth-order valence-electron chi connectivity index (χ4n) is 4.68. The number of benzene rings is 3. The lowest BCUT2D eigenvalue weighted by molar-refractivity contribution is -0.122. The van der Waals surface area contributed by atoms with Crippen molar-refractivity contribution < 1.29 is 18.7 Å². The molecule has 2 amide bonds. The molecule has 172 valence electrons. The molecule has 0 radical (unpaired) electrons. The van der Waals surface area contributed by atoms with E-state index >= 15 is 0 Å². The molecule has 1 aliphatic heterocycles. The number of ether oxygens (including phenoxy) is 1. The van der Waals surface area contributed by atoms with Gasteiger partial charge in [0.2, 0.25) is 11.8 Å². The van der Waals surface area contributed by atoms with Crippen molar-refractivity contribution in [2.24, 2.45) is 0 Å². The highest BCUT2D eigenvalue weighted by Gasteiger charge is 2.38. The summed E-state index contributed by atoms with van der Waals surface area (Å²) in [5.41, 5.74) is 1.57. The van der Waals surface area contributed by atoms with Gasteiger partial charge in [-0.15, -0.1) is 0 Å². The molecule has 1 saturated heterocycles. The summed E-state index contributed by atoms with van der Waals surface area (Å²) in [7, 11) is 1.43. The Bertz CT molecular complexity index is 1160. The summed E-state index contributed by atoms with van der Waals surface area (Å²) < 4.78 is 18.9. The standard InChI is InChI=1S/C27H29FN2O3/c1-33-24-17-19(9-10-23(24)28)18-27(15-12-26(32)30-27)14-11-25(31)29-16-13-21-7-4-6-20-5-2-3-8-22(20)21/h2-10,17H,11-16,18H2,1H3,(H,29,31)(H,30,32)/t27-/m1/s1. The Morgan fingerprint density at radius 3 is 2.76 bits per heavy atom. The van der Waals surface area contributed by atoms with Crippen LogP contribution in [0, 0.1) is 5.82 Å². The predicted octanol–water partition coefficient (Wildman–Crippen LogP) is 4.32. The molecule has 2 N–H and O–H groups in total. The minimum atomic E-state index is -0.507. The highest BCUT2D eigenvalue weighted by atomic mass is 19.1. The maximum atomic E-state index is 13.8. The first-order valence-electron chi connectivity index (χ1n) is 11.3. The summed E-state index contributed by atoms with van der Waals surface area (Å²) in [5.74, 6) is -0.289. The number of nitrogens with one attached hydrogen (secondary N) is 2. The topological polar surface area (TPSA) is 67.4 Å². The Hall–Kier alpha value is -3.41. The van der Waals surface area contributed by atoms with Crippen LogP contribution in [-0.4, -0.2) is 31.0 Å². The average molecular weight is 449 g/mol. The van der Waals surface area contributed by atoms with Gasteiger partial charge in [0.05, 0.1) is 7.11 Å². The lowest BCUT2D eigenvalue weighted by atomic mass is 9.85. The fraction of sp³-hybridized carbons (Fsp3) is 0.333. The molecule has 1 aliphatic rings. The van der Waals surface area contributed by atoms with Gasteiger partial charge in [-0.1, -0.05) is 48.5 Å². The molecule has 4 rings (SSSR count). The van der Waals surface area contributed by atoms with Crippen LogP contribution in [0.4, 0.5) is 4.39 Å². The van der Waals surface area contributed by atoms with Crippen LogP contribution in [0.25, 0.3) is 10.8 Å². The Morgan fingerprint density at radius 1 is 1.15 bits per heavy atom. The minimum Gasteiger partial charge on any atom is -0.494 e. The summed E-state index contributed by atoms with van der Waals surface area (Å²) in [6, 6.07) is 19.2. The highest BCUT2D eigenvalue weighted by molar-refractivity contribution is 5.85. The molecule has 0 aromatic heterocycles. The molecule has 1 heterocycles. The van der Waals surface area contributed by atoms with E-state index in [0.717, 1.165) is 12.0 Å². The second-order valence-electron chi connectivity index (χ2n) is 8.71. The van der Waals surface area contributed by atoms with Gasteiger partial charge in [-0.25, -0.2) is 4.39 Å². The van der Waals surface area contributed by atoms with E-state index in [1.807, 2.05) is 18.2 Å². The number of hydrogen-bond acceptors (Lipinski definition) is 3. The van der Waals surface area contributed by atoms with Gasteiger partial charge < -0.3 is 15.4 Å². The van der Waals surface area contributed by atoms with Gasteiger partial charge in [0.25, 0.3) is 0 Å². The van der Waals surface area contributed by atoms with Crippen molar-refractivity contribution in [3.63, 3.8) is 0 Å². The van der Waals surface area contributed by atoms with Crippen LogP contribution in [0.1, 0.15) is 36.8 Å². The molecular formula is C27H29FN2O3. The van der Waals surface area contributed by atoms with Crippen LogP contribution < -0.4 is 15.4 Å². The third kappa shape index (κ3) is 5.51. The Labute approximate surface area is 193 Å². The molecule has 6 heteroatoms. The summed E-state index contributed by atoms with van der Waals surface area (Å²) in [6.45, 7) is 0.557. The number of carbonyl (C=O) groups is 2. The van der Waals surface area contributed by atoms with Crippen molar-refractivity contribution >= 4 is 22.6 Å². The quantitative estimate of drug-likeness (QED) is 0.512. The van der Waals surface area contributed by atoms with Crippen LogP contribution in [0.2, 0.25) is 0 Å². The number of hydrogen-bond donors (Lipinski definition) is 2. The molecule has 1 fully saturated rings. The second-order valence-corrected chi connectivity index (χ2v) is 8.71. The van der Waals surface area contributed by atoms with Crippen LogP contribution in [-0.2, 0) is 22.4 Å². The van der Waals surface area contributed by atoms with E-state index in [9.17, 15) is 14.0 Å². The van der Waals surface area contributed by atoms with E-state index in [-0.39, 0.29) is 17.6 Å². The van der Waals surface area contributed by atoms with Crippen LogP contribution in [0.15, 0.2) is 60.7 Å². The summed E-state index contributed by atoms with van der Waals surface area (Å²) >= 11 is 0. The highest BCUT2D eigenvalue weighted by Crippen LogP contribution is 2.31. The van der Waals surface area contributed by atoms with Gasteiger partial charge in [-0.3, -0.25) is 9.59 Å². The van der Waals surface area contributed by atoms with E-state index in [1.165, 1.54) is 29.5 Å². The first kappa shape index (κ1) is 22.8. The zero-order valence-electron chi connectivity index (χ0n) is 18.8. The lowest BCUT2D eigenvalue weighted by Crippen LogP contribution is -2.44. The van der Waals surface area contributed by atoms with E-state index in [1.54, 1.807) is 12.1 Å². The fourth-order valence-corrected chi connectivity index (χ4v) is 4.68. The molecular weight excluding hydrogens is 419 g/mol. The normalized spacial score (nSPS) is 17.7. The molecule has 0 bridgehead atoms. The number of rotatable bonds is 9. The van der Waals surface area contributed by atoms with Gasteiger partial charge >= 0.3 is 0 Å². The molecule has 33 heavy (non-hydrogen) atoms. The monoisotopic (exact) mass is 448 g/mol. The van der Waals surface area contributed by atoms with E-state index in [4.69, 9.17) is 4.74 Å². The van der Waals surface area contributed by atoms with E-state index < -0.39 is 11.4 Å². The Balaban J connectivity index is 1.34. The lowest BCUT2D eigenvalue weighted by Gasteiger charge is -2.29. The molecule has 0 saturated carbocycles. The predicted molar refractivity (Wildman–Crippen MR) is 127 cm³/mol. The minimum absolute atomic E-state index is 0.0135. The van der Waals surface area contributed by atoms with Crippen LogP contribution in [0.5, 0.6) is 5.75 Å². The third-order valence-corrected chi connectivity index (χ3v) is 6.42. The van der Waals surface area contributed by atoms with Gasteiger partial charge in [0.15, 0.2) is 11.6 Å². The third-order valence-electron chi connectivity index (χ3n) is 6.42. The molecule has 5 nitrogen and oxygen atoms in total. The van der Waals surface area contributed by atoms with E-state index in [2.05, 4.69) is 34.9 Å². The number of methoxy groups -OCH3 is 1. The van der Waals surface area contributed by atoms with E-state index in [0.29, 0.717) is 38.6 Å². The Kier molecular flexibility index (Phi) is 6.92. The molecule has 0 spiro atoms. The van der Waals surface area contributed by atoms with Gasteiger partial charge in [-0.2, -0.15) is 0 Å². The number of halogens is 1. The zero-order valence-corrected chi connectivity index (χ0v) is 18.8. The van der Waals surface area contributed by atoms with Crippen LogP contribution in [0.3, 0.4) is 0 Å². The molecule has 3 aromatic carbocycles. The molecule has 3 aromatic rings.